The molecule has 2 amide bonds. The predicted molar refractivity (Wildman–Crippen MR) is 132 cm³/mol. The Balaban J connectivity index is 1.43. The van der Waals surface area contributed by atoms with Crippen LogP contribution < -0.4 is 10.2 Å². The van der Waals surface area contributed by atoms with E-state index in [9.17, 15) is 9.59 Å². The van der Waals surface area contributed by atoms with Crippen LogP contribution in [0.15, 0.2) is 28.1 Å². The minimum absolute atomic E-state index is 0.0360. The zero-order valence-corrected chi connectivity index (χ0v) is 21.1. The summed E-state index contributed by atoms with van der Waals surface area (Å²) in [5.41, 5.74) is 1.71. The summed E-state index contributed by atoms with van der Waals surface area (Å²) in [6, 6.07) is 4.11. The van der Waals surface area contributed by atoms with E-state index in [1.165, 1.54) is 11.3 Å². The van der Waals surface area contributed by atoms with Gasteiger partial charge in [0.1, 0.15) is 16.1 Å². The molecule has 0 saturated carbocycles. The number of methoxy groups -OCH3 is 1. The molecule has 0 aliphatic carbocycles. The Kier molecular flexibility index (Phi) is 6.14. The van der Waals surface area contributed by atoms with Crippen LogP contribution in [0.1, 0.15) is 37.6 Å². The number of nitrogens with one attached hydrogen (secondary N) is 1. The number of aromatic nitrogens is 2. The van der Waals surface area contributed by atoms with Gasteiger partial charge in [-0.25, -0.2) is 9.78 Å². The highest BCUT2D eigenvalue weighted by molar-refractivity contribution is 7.13. The molecule has 2 aromatic heterocycles. The van der Waals surface area contributed by atoms with Crippen molar-refractivity contribution >= 4 is 40.5 Å². The van der Waals surface area contributed by atoms with Gasteiger partial charge in [-0.05, 0) is 39.3 Å². The van der Waals surface area contributed by atoms with Crippen molar-refractivity contribution in [3.63, 3.8) is 0 Å². The average molecular weight is 500 g/mol. The minimum atomic E-state index is -0.534. The number of carbonyl (C=O) groups excluding carboxylic acids is 2. The van der Waals surface area contributed by atoms with E-state index < -0.39 is 5.60 Å². The molecule has 1 N–H and O–H groups in total. The monoisotopic (exact) mass is 499 g/mol. The molecule has 0 radical (unpaired) electrons. The number of hydrogen-bond acceptors (Lipinski definition) is 9. The van der Waals surface area contributed by atoms with E-state index in [0.29, 0.717) is 48.9 Å². The molecule has 3 aromatic rings. The molecule has 2 unspecified atom stereocenters. The number of ether oxygens (including phenoxy) is 2. The van der Waals surface area contributed by atoms with Crippen LogP contribution in [0, 0.1) is 0 Å². The number of nitrogens with zero attached hydrogens (tertiary/aromatic N) is 4. The molecule has 10 nitrogen and oxygen atoms in total. The number of thiazole rings is 1. The fourth-order valence-electron chi connectivity index (χ4n) is 4.58. The quantitative estimate of drug-likeness (QED) is 0.513. The van der Waals surface area contributed by atoms with Crippen LogP contribution in [0.2, 0.25) is 0 Å². The number of fused-ring (bicyclic) bond motifs is 3. The summed E-state index contributed by atoms with van der Waals surface area (Å²) in [4.78, 5) is 38.5. The molecule has 1 aromatic carbocycles. The second kappa shape index (κ2) is 9.12. The Labute approximate surface area is 207 Å². The molecule has 3 aliphatic rings. The molecule has 0 spiro atoms. The summed E-state index contributed by atoms with van der Waals surface area (Å²) in [6.07, 6.45) is 2.38. The number of benzene rings is 1. The van der Waals surface area contributed by atoms with Gasteiger partial charge in [-0.2, -0.15) is 4.98 Å². The first-order chi connectivity index (χ1) is 16.7. The Hall–Kier alpha value is -3.18. The Morgan fingerprint density at radius 3 is 2.69 bits per heavy atom. The van der Waals surface area contributed by atoms with Crippen molar-refractivity contribution in [1.29, 1.82) is 0 Å². The van der Waals surface area contributed by atoms with E-state index in [1.807, 2.05) is 42.0 Å². The lowest BCUT2D eigenvalue weighted by molar-refractivity contribution is -0.0386. The van der Waals surface area contributed by atoms with Crippen LogP contribution >= 0.6 is 11.3 Å². The van der Waals surface area contributed by atoms with Crippen molar-refractivity contribution in [2.45, 2.75) is 44.9 Å². The Morgan fingerprint density at radius 2 is 2.03 bits per heavy atom. The third-order valence-corrected chi connectivity index (χ3v) is 6.91. The number of hydrogen-bond donors (Lipinski definition) is 1. The fraction of sp³-hybridized carbons (Fsp3) is 0.500. The van der Waals surface area contributed by atoms with Gasteiger partial charge in [0.05, 0.1) is 29.8 Å². The molecular weight excluding hydrogens is 470 g/mol. The zero-order chi connectivity index (χ0) is 24.7. The molecule has 2 atom stereocenters. The summed E-state index contributed by atoms with van der Waals surface area (Å²) in [6.45, 7) is 7.60. The summed E-state index contributed by atoms with van der Waals surface area (Å²) in [5, 5.41) is 5.54. The predicted octanol–water partition coefficient (Wildman–Crippen LogP) is 3.53. The number of amides is 2. The molecular formula is C24H29N5O5S. The van der Waals surface area contributed by atoms with Gasteiger partial charge in [-0.1, -0.05) is 0 Å². The molecule has 2 bridgehead atoms. The third kappa shape index (κ3) is 4.57. The molecule has 3 aliphatic heterocycles. The van der Waals surface area contributed by atoms with Crippen molar-refractivity contribution in [2.75, 3.05) is 38.3 Å². The van der Waals surface area contributed by atoms with Gasteiger partial charge >= 0.3 is 6.09 Å². The molecule has 11 heteroatoms. The molecule has 6 rings (SSSR count). The number of piperidine rings is 1. The third-order valence-electron chi connectivity index (χ3n) is 6.10. The van der Waals surface area contributed by atoms with E-state index in [-0.39, 0.29) is 24.1 Å². The van der Waals surface area contributed by atoms with Crippen LogP contribution in [-0.4, -0.2) is 77.9 Å². The smallest absolute Gasteiger partial charge is 0.410 e. The zero-order valence-electron chi connectivity index (χ0n) is 20.2. The van der Waals surface area contributed by atoms with Crippen molar-refractivity contribution in [2.24, 2.45) is 0 Å². The summed E-state index contributed by atoms with van der Waals surface area (Å²) in [5.74, 6) is -0.241. The molecule has 5 heterocycles. The van der Waals surface area contributed by atoms with Crippen LogP contribution in [0.3, 0.4) is 0 Å². The SMILES string of the molecule is COCCNC(=O)c1ccc(-c2nccs2)c2oc(N3CC4CC(C3)N4C(=O)OC(C)(C)C)nc12. The van der Waals surface area contributed by atoms with E-state index in [1.54, 1.807) is 19.4 Å². The lowest BCUT2D eigenvalue weighted by Crippen LogP contribution is -2.70. The normalized spacial score (nSPS) is 19.5. The lowest BCUT2D eigenvalue weighted by Gasteiger charge is -2.55. The minimum Gasteiger partial charge on any atom is -0.444 e. The Morgan fingerprint density at radius 1 is 1.26 bits per heavy atom. The van der Waals surface area contributed by atoms with E-state index in [2.05, 4.69) is 10.3 Å². The lowest BCUT2D eigenvalue weighted by atomic mass is 9.88. The second-order valence-electron chi connectivity index (χ2n) is 9.76. The Bertz CT molecular complexity index is 1220. The molecule has 35 heavy (non-hydrogen) atoms. The number of oxazole rings is 1. The van der Waals surface area contributed by atoms with Crippen LogP contribution in [0.25, 0.3) is 21.7 Å². The van der Waals surface area contributed by atoms with Gasteiger partial charge in [0.15, 0.2) is 5.58 Å². The average Bonchev–Trinajstić information content (AvgIpc) is 3.47. The van der Waals surface area contributed by atoms with Gasteiger partial charge < -0.3 is 24.1 Å². The number of rotatable bonds is 6. The maximum Gasteiger partial charge on any atom is 0.410 e. The number of carbonyl (C=O) groups is 2. The van der Waals surface area contributed by atoms with E-state index in [0.717, 1.165) is 17.0 Å². The first-order valence-corrected chi connectivity index (χ1v) is 12.5. The molecule has 186 valence electrons. The van der Waals surface area contributed by atoms with E-state index >= 15 is 0 Å². The highest BCUT2D eigenvalue weighted by Gasteiger charge is 2.49. The topological polar surface area (TPSA) is 110 Å². The summed E-state index contributed by atoms with van der Waals surface area (Å²) < 4.78 is 16.9. The summed E-state index contributed by atoms with van der Waals surface area (Å²) >= 11 is 1.49. The highest BCUT2D eigenvalue weighted by Crippen LogP contribution is 2.39. The van der Waals surface area contributed by atoms with Gasteiger partial charge in [0.25, 0.3) is 11.9 Å². The molecule has 3 saturated heterocycles. The van der Waals surface area contributed by atoms with Gasteiger partial charge in [-0.15, -0.1) is 11.3 Å². The van der Waals surface area contributed by atoms with Crippen LogP contribution in [0.5, 0.6) is 0 Å². The largest absolute Gasteiger partial charge is 0.444 e. The maximum atomic E-state index is 12.9. The van der Waals surface area contributed by atoms with Crippen molar-refractivity contribution in [3.05, 3.63) is 29.3 Å². The van der Waals surface area contributed by atoms with Crippen molar-refractivity contribution < 1.29 is 23.5 Å². The second-order valence-corrected chi connectivity index (χ2v) is 10.7. The fourth-order valence-corrected chi connectivity index (χ4v) is 5.24. The van der Waals surface area contributed by atoms with Crippen molar-refractivity contribution in [1.82, 2.24) is 20.2 Å². The van der Waals surface area contributed by atoms with Gasteiger partial charge in [-0.3, -0.25) is 9.69 Å². The highest BCUT2D eigenvalue weighted by atomic mass is 32.1. The number of piperazine rings is 1. The van der Waals surface area contributed by atoms with E-state index in [4.69, 9.17) is 18.9 Å². The van der Waals surface area contributed by atoms with Gasteiger partial charge in [0.2, 0.25) is 0 Å². The first-order valence-electron chi connectivity index (χ1n) is 11.6. The van der Waals surface area contributed by atoms with Crippen molar-refractivity contribution in [3.8, 4) is 10.6 Å². The molecule has 3 fully saturated rings. The van der Waals surface area contributed by atoms with Crippen LogP contribution in [-0.2, 0) is 9.47 Å². The first kappa shape index (κ1) is 23.6. The maximum absolute atomic E-state index is 12.9. The standard InChI is InChI=1S/C24H29N5O5S/c1-24(2,3)34-23(31)29-14-11-15(29)13-28(12-14)22-27-18-16(20(30)25-7-9-32-4)5-6-17(19(18)33-22)21-26-8-10-35-21/h5-6,8,10,14-15H,7,9,11-13H2,1-4H3,(H,25,30). The summed E-state index contributed by atoms with van der Waals surface area (Å²) in [7, 11) is 1.59. The van der Waals surface area contributed by atoms with Crippen LogP contribution in [0.4, 0.5) is 10.8 Å². The number of anilines is 1. The van der Waals surface area contributed by atoms with Gasteiger partial charge in [0, 0.05) is 38.3 Å².